The zero-order valence-corrected chi connectivity index (χ0v) is 16.3. The highest BCUT2D eigenvalue weighted by Gasteiger charge is 2.31. The lowest BCUT2D eigenvalue weighted by molar-refractivity contribution is -0.121. The van der Waals surface area contributed by atoms with E-state index < -0.39 is 10.0 Å². The van der Waals surface area contributed by atoms with Gasteiger partial charge in [0.2, 0.25) is 15.9 Å². The lowest BCUT2D eigenvalue weighted by atomic mass is 9.97. The Kier molecular flexibility index (Phi) is 5.88. The Morgan fingerprint density at radius 1 is 1.04 bits per heavy atom. The third-order valence-corrected chi connectivity index (χ3v) is 5.48. The Balaban J connectivity index is 1.60. The van der Waals surface area contributed by atoms with Gasteiger partial charge in [0, 0.05) is 31.9 Å². The average Bonchev–Trinajstić information content (AvgIpc) is 3.14. The van der Waals surface area contributed by atoms with Gasteiger partial charge >= 0.3 is 6.03 Å². The zero-order chi connectivity index (χ0) is 19.4. The predicted molar refractivity (Wildman–Crippen MR) is 104 cm³/mol. The third kappa shape index (κ3) is 5.35. The van der Waals surface area contributed by atoms with E-state index >= 15 is 0 Å². The van der Waals surface area contributed by atoms with Gasteiger partial charge in [-0.1, -0.05) is 6.07 Å². The van der Waals surface area contributed by atoms with E-state index in [9.17, 15) is 18.0 Å². The molecule has 2 fully saturated rings. The second-order valence-electron chi connectivity index (χ2n) is 7.21. The quantitative estimate of drug-likeness (QED) is 0.815. The molecule has 2 aliphatic rings. The van der Waals surface area contributed by atoms with Gasteiger partial charge < -0.3 is 15.1 Å². The number of nitrogens with zero attached hydrogens (tertiary/aromatic N) is 2. The van der Waals surface area contributed by atoms with E-state index in [-0.39, 0.29) is 17.9 Å². The monoisotopic (exact) mass is 394 g/mol. The van der Waals surface area contributed by atoms with Crippen LogP contribution in [0.25, 0.3) is 0 Å². The number of piperidine rings is 1. The third-order valence-electron chi connectivity index (χ3n) is 4.87. The summed E-state index contributed by atoms with van der Waals surface area (Å²) in [5.74, 6) is -0.415. The summed E-state index contributed by atoms with van der Waals surface area (Å²) in [5, 5.41) is 2.84. The predicted octanol–water partition coefficient (Wildman–Crippen LogP) is 1.92. The fourth-order valence-electron chi connectivity index (χ4n) is 3.59. The van der Waals surface area contributed by atoms with Gasteiger partial charge in [-0.05, 0) is 43.9 Å². The Morgan fingerprint density at radius 3 is 2.41 bits per heavy atom. The first-order valence-electron chi connectivity index (χ1n) is 9.24. The van der Waals surface area contributed by atoms with Crippen molar-refractivity contribution < 1.29 is 18.0 Å². The molecule has 1 atom stereocenters. The highest BCUT2D eigenvalue weighted by atomic mass is 32.2. The Morgan fingerprint density at radius 2 is 1.70 bits per heavy atom. The summed E-state index contributed by atoms with van der Waals surface area (Å²) in [6.07, 6.45) is 4.69. The minimum Gasteiger partial charge on any atom is -0.326 e. The van der Waals surface area contributed by atoms with E-state index in [0.29, 0.717) is 24.5 Å². The van der Waals surface area contributed by atoms with Crippen molar-refractivity contribution in [1.82, 2.24) is 9.80 Å². The van der Waals surface area contributed by atoms with Crippen LogP contribution in [0.2, 0.25) is 0 Å². The van der Waals surface area contributed by atoms with Crippen LogP contribution < -0.4 is 10.0 Å². The van der Waals surface area contributed by atoms with E-state index in [1.54, 1.807) is 29.2 Å². The van der Waals surface area contributed by atoms with E-state index in [0.717, 1.165) is 45.0 Å². The molecular weight excluding hydrogens is 368 g/mol. The van der Waals surface area contributed by atoms with Gasteiger partial charge in [-0.15, -0.1) is 0 Å². The van der Waals surface area contributed by atoms with Crippen LogP contribution in [-0.2, 0) is 14.8 Å². The molecule has 3 amide bonds. The highest BCUT2D eigenvalue weighted by molar-refractivity contribution is 7.92. The summed E-state index contributed by atoms with van der Waals surface area (Å²) in [7, 11) is -3.38. The van der Waals surface area contributed by atoms with Gasteiger partial charge in [0.1, 0.15) is 0 Å². The number of benzene rings is 1. The van der Waals surface area contributed by atoms with Crippen LogP contribution in [0.15, 0.2) is 24.3 Å². The first kappa shape index (κ1) is 19.5. The molecule has 2 heterocycles. The summed E-state index contributed by atoms with van der Waals surface area (Å²) in [4.78, 5) is 28.9. The topological polar surface area (TPSA) is 98.8 Å². The molecule has 2 saturated heterocycles. The summed E-state index contributed by atoms with van der Waals surface area (Å²) in [5.41, 5.74) is 0.918. The van der Waals surface area contributed by atoms with Gasteiger partial charge in [-0.3, -0.25) is 9.52 Å². The van der Waals surface area contributed by atoms with Crippen molar-refractivity contribution in [2.24, 2.45) is 5.92 Å². The number of carbonyl (C=O) groups excluding carboxylic acids is 2. The Hall–Kier alpha value is -2.29. The van der Waals surface area contributed by atoms with Gasteiger partial charge in [-0.25, -0.2) is 13.2 Å². The maximum Gasteiger partial charge on any atom is 0.320 e. The molecular formula is C18H26N4O4S. The lowest BCUT2D eigenvalue weighted by Crippen LogP contribution is -2.48. The van der Waals surface area contributed by atoms with Crippen molar-refractivity contribution >= 4 is 33.3 Å². The normalized spacial score (nSPS) is 20.4. The number of rotatable bonds is 4. The SMILES string of the molecule is CS(=O)(=O)Nc1cccc(NC(=O)[C@H]2CCCN(C(=O)N3CCCC3)C2)c1. The molecule has 0 spiro atoms. The number of sulfonamides is 1. The van der Waals surface area contributed by atoms with Crippen LogP contribution >= 0.6 is 0 Å². The number of hydrogen-bond acceptors (Lipinski definition) is 4. The number of urea groups is 1. The molecule has 0 aliphatic carbocycles. The van der Waals surface area contributed by atoms with Gasteiger partial charge in [0.05, 0.1) is 17.9 Å². The molecule has 27 heavy (non-hydrogen) atoms. The molecule has 1 aromatic carbocycles. The maximum absolute atomic E-state index is 12.7. The Bertz CT molecular complexity index is 805. The van der Waals surface area contributed by atoms with Gasteiger partial charge in [-0.2, -0.15) is 0 Å². The van der Waals surface area contributed by atoms with Crippen molar-refractivity contribution in [2.75, 3.05) is 42.5 Å². The first-order valence-corrected chi connectivity index (χ1v) is 11.1. The molecule has 0 bridgehead atoms. The molecule has 3 rings (SSSR count). The minimum absolute atomic E-state index is 0.0318. The first-order chi connectivity index (χ1) is 12.8. The van der Waals surface area contributed by atoms with Crippen molar-refractivity contribution in [1.29, 1.82) is 0 Å². The number of nitrogens with one attached hydrogen (secondary N) is 2. The van der Waals surface area contributed by atoms with Crippen LogP contribution in [0, 0.1) is 5.92 Å². The molecule has 0 radical (unpaired) electrons. The average molecular weight is 394 g/mol. The number of hydrogen-bond donors (Lipinski definition) is 2. The fraction of sp³-hybridized carbons (Fsp3) is 0.556. The summed E-state index contributed by atoms with van der Waals surface area (Å²) in [6.45, 7) is 2.70. The summed E-state index contributed by atoms with van der Waals surface area (Å²) >= 11 is 0. The van der Waals surface area contributed by atoms with E-state index in [2.05, 4.69) is 10.0 Å². The molecule has 8 nitrogen and oxygen atoms in total. The van der Waals surface area contributed by atoms with Crippen LogP contribution in [0.1, 0.15) is 25.7 Å². The van der Waals surface area contributed by atoms with Crippen LogP contribution in [0.5, 0.6) is 0 Å². The second kappa shape index (κ2) is 8.16. The molecule has 1 aromatic rings. The van der Waals surface area contributed by atoms with E-state index in [1.807, 2.05) is 4.90 Å². The van der Waals surface area contributed by atoms with Crippen LogP contribution in [0.4, 0.5) is 16.2 Å². The number of carbonyl (C=O) groups is 2. The van der Waals surface area contributed by atoms with Crippen molar-refractivity contribution in [2.45, 2.75) is 25.7 Å². The van der Waals surface area contributed by atoms with Gasteiger partial charge in [0.15, 0.2) is 0 Å². The molecule has 0 unspecified atom stereocenters. The molecule has 148 valence electrons. The number of likely N-dealkylation sites (tertiary alicyclic amines) is 2. The summed E-state index contributed by atoms with van der Waals surface area (Å²) < 4.78 is 25.1. The molecule has 2 N–H and O–H groups in total. The zero-order valence-electron chi connectivity index (χ0n) is 15.5. The minimum atomic E-state index is -3.38. The molecule has 0 aromatic heterocycles. The fourth-order valence-corrected chi connectivity index (χ4v) is 4.15. The second-order valence-corrected chi connectivity index (χ2v) is 8.95. The maximum atomic E-state index is 12.7. The molecule has 9 heteroatoms. The molecule has 2 aliphatic heterocycles. The van der Waals surface area contributed by atoms with E-state index in [1.165, 1.54) is 0 Å². The molecule has 0 saturated carbocycles. The highest BCUT2D eigenvalue weighted by Crippen LogP contribution is 2.22. The number of anilines is 2. The van der Waals surface area contributed by atoms with Crippen molar-refractivity contribution in [3.8, 4) is 0 Å². The Labute approximate surface area is 160 Å². The van der Waals surface area contributed by atoms with Crippen LogP contribution in [-0.4, -0.2) is 62.6 Å². The van der Waals surface area contributed by atoms with Crippen molar-refractivity contribution in [3.05, 3.63) is 24.3 Å². The smallest absolute Gasteiger partial charge is 0.320 e. The van der Waals surface area contributed by atoms with Crippen LogP contribution in [0.3, 0.4) is 0 Å². The van der Waals surface area contributed by atoms with Gasteiger partial charge in [0.25, 0.3) is 0 Å². The number of amides is 3. The largest absolute Gasteiger partial charge is 0.326 e. The lowest BCUT2D eigenvalue weighted by Gasteiger charge is -2.34. The van der Waals surface area contributed by atoms with E-state index in [4.69, 9.17) is 0 Å². The summed E-state index contributed by atoms with van der Waals surface area (Å²) in [6, 6.07) is 6.61. The van der Waals surface area contributed by atoms with Crippen molar-refractivity contribution in [3.63, 3.8) is 0 Å². The standard InChI is InChI=1S/C18H26N4O4S/c1-27(25,26)20-16-8-4-7-15(12-16)19-17(23)14-6-5-11-22(13-14)18(24)21-9-2-3-10-21/h4,7-8,12,14,20H,2-3,5-6,9-11,13H2,1H3,(H,19,23)/t14-/m0/s1.